The van der Waals surface area contributed by atoms with Gasteiger partial charge in [-0.05, 0) is 29.2 Å². The van der Waals surface area contributed by atoms with Gasteiger partial charge >= 0.3 is 12.1 Å². The van der Waals surface area contributed by atoms with E-state index in [2.05, 4.69) is 10.6 Å². The number of hydrogen-bond acceptors (Lipinski definition) is 5. The Balaban J connectivity index is 1.56. The third kappa shape index (κ3) is 4.22. The van der Waals surface area contributed by atoms with Crippen LogP contribution in [0.1, 0.15) is 24.0 Å². The highest BCUT2D eigenvalue weighted by Crippen LogP contribution is 2.44. The van der Waals surface area contributed by atoms with Crippen LogP contribution in [-0.4, -0.2) is 53.5 Å². The number of amides is 2. The molecule has 1 unspecified atom stereocenters. The monoisotopic (exact) mass is 398 g/mol. The van der Waals surface area contributed by atoms with Gasteiger partial charge in [0.2, 0.25) is 5.91 Å². The minimum atomic E-state index is -1.82. The lowest BCUT2D eigenvalue weighted by Gasteiger charge is -2.23. The number of fused-ring (bicyclic) bond motifs is 3. The first-order valence-corrected chi connectivity index (χ1v) is 9.10. The van der Waals surface area contributed by atoms with Gasteiger partial charge < -0.3 is 25.6 Å². The molecule has 2 amide bonds. The van der Waals surface area contributed by atoms with Gasteiger partial charge in [-0.1, -0.05) is 48.5 Å². The summed E-state index contributed by atoms with van der Waals surface area (Å²) in [5.74, 6) is -2.24. The minimum Gasteiger partial charge on any atom is -0.479 e. The van der Waals surface area contributed by atoms with Crippen LogP contribution in [0.2, 0.25) is 0 Å². The van der Waals surface area contributed by atoms with Crippen LogP contribution in [0.5, 0.6) is 0 Å². The van der Waals surface area contributed by atoms with Crippen molar-refractivity contribution in [2.24, 2.45) is 0 Å². The molecule has 0 spiro atoms. The van der Waals surface area contributed by atoms with Crippen LogP contribution in [0.3, 0.4) is 0 Å². The summed E-state index contributed by atoms with van der Waals surface area (Å²) in [7, 11) is 0. The van der Waals surface area contributed by atoms with Crippen molar-refractivity contribution in [1.29, 1.82) is 0 Å². The zero-order valence-electron chi connectivity index (χ0n) is 15.8. The van der Waals surface area contributed by atoms with Crippen LogP contribution in [0.25, 0.3) is 11.1 Å². The molecule has 2 aromatic carbocycles. The molecule has 8 nitrogen and oxygen atoms in total. The Kier molecular flexibility index (Phi) is 5.84. The molecule has 1 atom stereocenters. The molecule has 0 heterocycles. The molecule has 8 heteroatoms. The van der Waals surface area contributed by atoms with Gasteiger partial charge in [-0.25, -0.2) is 9.59 Å². The standard InChI is InChI=1S/C21H22N2O6/c1-21(12-24,19(26)27)23-18(25)10-22-20(28)29-11-17-15-8-4-2-6-13(15)14-7-3-5-9-16(14)17/h2-9,17,24H,10-12H2,1H3,(H,22,28)(H,23,25)(H,26,27). The molecule has 0 radical (unpaired) electrons. The third-order valence-corrected chi connectivity index (χ3v) is 4.94. The second-order valence-corrected chi connectivity index (χ2v) is 7.02. The van der Waals surface area contributed by atoms with Gasteiger partial charge in [0, 0.05) is 5.92 Å². The fourth-order valence-corrected chi connectivity index (χ4v) is 3.31. The number of nitrogens with one attached hydrogen (secondary N) is 2. The maximum atomic E-state index is 12.0. The highest BCUT2D eigenvalue weighted by molar-refractivity contribution is 5.89. The lowest BCUT2D eigenvalue weighted by Crippen LogP contribution is -2.56. The molecule has 1 aliphatic carbocycles. The molecule has 0 fully saturated rings. The van der Waals surface area contributed by atoms with E-state index in [1.54, 1.807) is 0 Å². The van der Waals surface area contributed by atoms with E-state index >= 15 is 0 Å². The molecule has 3 rings (SSSR count). The Bertz CT molecular complexity index is 899. The summed E-state index contributed by atoms with van der Waals surface area (Å²) in [6, 6.07) is 15.8. The van der Waals surface area contributed by atoms with Gasteiger partial charge in [-0.2, -0.15) is 0 Å². The normalized spacial score (nSPS) is 14.3. The first-order chi connectivity index (χ1) is 13.9. The average Bonchev–Trinajstić information content (AvgIpc) is 3.04. The average molecular weight is 398 g/mol. The van der Waals surface area contributed by atoms with Crippen molar-refractivity contribution >= 4 is 18.0 Å². The molecule has 29 heavy (non-hydrogen) atoms. The second-order valence-electron chi connectivity index (χ2n) is 7.02. The van der Waals surface area contributed by atoms with Crippen molar-refractivity contribution < 1.29 is 29.3 Å². The van der Waals surface area contributed by atoms with Crippen molar-refractivity contribution in [3.63, 3.8) is 0 Å². The third-order valence-electron chi connectivity index (χ3n) is 4.94. The van der Waals surface area contributed by atoms with Crippen molar-refractivity contribution in [2.75, 3.05) is 19.8 Å². The molecular weight excluding hydrogens is 376 g/mol. The smallest absolute Gasteiger partial charge is 0.407 e. The number of carboxylic acids is 1. The molecule has 2 aromatic rings. The zero-order chi connectivity index (χ0) is 21.0. The Morgan fingerprint density at radius 1 is 1.03 bits per heavy atom. The van der Waals surface area contributed by atoms with E-state index < -0.39 is 36.7 Å². The molecule has 1 aliphatic rings. The maximum Gasteiger partial charge on any atom is 0.407 e. The summed E-state index contributed by atoms with van der Waals surface area (Å²) in [5, 5.41) is 22.6. The van der Waals surface area contributed by atoms with E-state index in [0.717, 1.165) is 22.3 Å². The number of aliphatic carboxylic acids is 1. The van der Waals surface area contributed by atoms with Crippen LogP contribution in [-0.2, 0) is 14.3 Å². The summed E-state index contributed by atoms with van der Waals surface area (Å²) in [5.41, 5.74) is 2.53. The Hall–Kier alpha value is -3.39. The molecule has 0 aromatic heterocycles. The predicted octanol–water partition coefficient (Wildman–Crippen LogP) is 1.48. The predicted molar refractivity (Wildman–Crippen MR) is 104 cm³/mol. The van der Waals surface area contributed by atoms with E-state index in [9.17, 15) is 14.4 Å². The minimum absolute atomic E-state index is 0.102. The molecule has 4 N–H and O–H groups in total. The van der Waals surface area contributed by atoms with Gasteiger partial charge in [-0.3, -0.25) is 4.79 Å². The molecule has 152 valence electrons. The van der Waals surface area contributed by atoms with Crippen LogP contribution < -0.4 is 10.6 Å². The van der Waals surface area contributed by atoms with Crippen LogP contribution in [0.15, 0.2) is 48.5 Å². The van der Waals surface area contributed by atoms with E-state index in [0.29, 0.717) is 0 Å². The van der Waals surface area contributed by atoms with Crippen molar-refractivity contribution in [3.05, 3.63) is 59.7 Å². The zero-order valence-corrected chi connectivity index (χ0v) is 15.8. The van der Waals surface area contributed by atoms with E-state index in [1.807, 2.05) is 48.5 Å². The molecule has 0 aliphatic heterocycles. The Morgan fingerprint density at radius 3 is 2.10 bits per heavy atom. The van der Waals surface area contributed by atoms with Gasteiger partial charge in [-0.15, -0.1) is 0 Å². The SMILES string of the molecule is CC(CO)(NC(=O)CNC(=O)OCC1c2ccccc2-c2ccccc21)C(=O)O. The van der Waals surface area contributed by atoms with Crippen LogP contribution in [0.4, 0.5) is 4.79 Å². The number of aliphatic hydroxyl groups is 1. The van der Waals surface area contributed by atoms with Gasteiger partial charge in [0.25, 0.3) is 0 Å². The lowest BCUT2D eigenvalue weighted by molar-refractivity contribution is -0.148. The Morgan fingerprint density at radius 2 is 1.59 bits per heavy atom. The quantitative estimate of drug-likeness (QED) is 0.560. The van der Waals surface area contributed by atoms with Gasteiger partial charge in [0.1, 0.15) is 13.2 Å². The van der Waals surface area contributed by atoms with Crippen LogP contribution in [0, 0.1) is 0 Å². The molecule has 0 saturated heterocycles. The van der Waals surface area contributed by atoms with Crippen molar-refractivity contribution in [2.45, 2.75) is 18.4 Å². The molecule has 0 bridgehead atoms. The number of hydrogen-bond donors (Lipinski definition) is 4. The second kappa shape index (κ2) is 8.32. The number of aliphatic hydroxyl groups excluding tert-OH is 1. The number of ether oxygens (including phenoxy) is 1. The summed E-state index contributed by atoms with van der Waals surface area (Å²) in [6.07, 6.45) is -0.789. The maximum absolute atomic E-state index is 12.0. The number of carbonyl (C=O) groups is 3. The summed E-state index contributed by atoms with van der Waals surface area (Å²) in [4.78, 5) is 35.0. The number of rotatable bonds is 7. The summed E-state index contributed by atoms with van der Waals surface area (Å²) < 4.78 is 5.30. The van der Waals surface area contributed by atoms with Crippen LogP contribution >= 0.6 is 0 Å². The fourth-order valence-electron chi connectivity index (χ4n) is 3.31. The van der Waals surface area contributed by atoms with Crippen molar-refractivity contribution in [3.8, 4) is 11.1 Å². The summed E-state index contributed by atoms with van der Waals surface area (Å²) in [6.45, 7) is 0.0179. The highest BCUT2D eigenvalue weighted by atomic mass is 16.5. The molecular formula is C21H22N2O6. The Labute approximate surface area is 167 Å². The number of benzene rings is 2. The largest absolute Gasteiger partial charge is 0.479 e. The van der Waals surface area contributed by atoms with Gasteiger partial charge in [0.15, 0.2) is 5.54 Å². The first kappa shape index (κ1) is 20.3. The van der Waals surface area contributed by atoms with E-state index in [4.69, 9.17) is 14.9 Å². The van der Waals surface area contributed by atoms with E-state index in [1.165, 1.54) is 6.92 Å². The lowest BCUT2D eigenvalue weighted by atomic mass is 9.98. The van der Waals surface area contributed by atoms with E-state index in [-0.39, 0.29) is 12.5 Å². The number of carboxylic acid groups (broad SMARTS) is 1. The topological polar surface area (TPSA) is 125 Å². The molecule has 0 saturated carbocycles. The first-order valence-electron chi connectivity index (χ1n) is 9.10. The fraction of sp³-hybridized carbons (Fsp3) is 0.286. The number of carbonyl (C=O) groups excluding carboxylic acids is 2. The highest BCUT2D eigenvalue weighted by Gasteiger charge is 2.34. The summed E-state index contributed by atoms with van der Waals surface area (Å²) >= 11 is 0. The number of alkyl carbamates (subject to hydrolysis) is 1. The van der Waals surface area contributed by atoms with Gasteiger partial charge in [0.05, 0.1) is 6.61 Å². The van der Waals surface area contributed by atoms with Crippen molar-refractivity contribution in [1.82, 2.24) is 10.6 Å².